The highest BCUT2D eigenvalue weighted by atomic mass is 32.1. The number of nitrogens with zero attached hydrogens (tertiary/aromatic N) is 1. The van der Waals surface area contributed by atoms with Crippen molar-refractivity contribution >= 4 is 73.1 Å². The van der Waals surface area contributed by atoms with Crippen LogP contribution in [0.2, 0.25) is 0 Å². The van der Waals surface area contributed by atoms with Gasteiger partial charge in [-0.25, -0.2) is 4.39 Å². The third-order valence-corrected chi connectivity index (χ3v) is 10.6. The minimum atomic E-state index is -1.26. The number of amides is 1. The van der Waals surface area contributed by atoms with E-state index in [1.807, 2.05) is 49.4 Å². The van der Waals surface area contributed by atoms with Gasteiger partial charge in [0.05, 0.1) is 23.2 Å². The highest BCUT2D eigenvalue weighted by Crippen LogP contribution is 2.31. The summed E-state index contributed by atoms with van der Waals surface area (Å²) in [6, 6.07) is 17.3. The number of rotatable bonds is 28. The lowest BCUT2D eigenvalue weighted by atomic mass is 9.93. The number of carboxylic acid groups (broad SMARTS) is 2. The molecule has 1 heterocycles. The smallest absolute Gasteiger partial charge is 0.306 e. The maximum atomic E-state index is 14.2. The number of carbonyl (C=O) groups is 6. The second kappa shape index (κ2) is 27.2. The molecule has 0 aliphatic rings. The van der Waals surface area contributed by atoms with Gasteiger partial charge in [-0.2, -0.15) is 32.1 Å². The zero-order chi connectivity index (χ0) is 42.7. The van der Waals surface area contributed by atoms with Gasteiger partial charge < -0.3 is 21.3 Å². The topological polar surface area (TPSA) is 210 Å². The van der Waals surface area contributed by atoms with E-state index in [0.29, 0.717) is 18.5 Å². The Morgan fingerprint density at radius 2 is 1.43 bits per heavy atom. The molecule has 0 saturated heterocycles. The molecule has 0 bridgehead atoms. The molecule has 0 saturated carbocycles. The fourth-order valence-electron chi connectivity index (χ4n) is 7.23. The maximum Gasteiger partial charge on any atom is 0.306 e. The van der Waals surface area contributed by atoms with Crippen LogP contribution >= 0.6 is 27.0 Å². The van der Waals surface area contributed by atoms with Gasteiger partial charge in [-0.05, 0) is 60.6 Å². The molecule has 15 heteroatoms. The molecule has 12 nitrogen and oxygen atoms in total. The number of unbranched alkanes of at least 4 members (excludes halogenated alkanes) is 8. The molecule has 4 aromatic rings. The Morgan fingerprint density at radius 1 is 0.770 bits per heavy atom. The summed E-state index contributed by atoms with van der Waals surface area (Å²) < 4.78 is 14.2. The number of aromatic nitrogens is 2. The van der Waals surface area contributed by atoms with Crippen molar-refractivity contribution < 1.29 is 43.4 Å². The van der Waals surface area contributed by atoms with Crippen LogP contribution in [0.1, 0.15) is 112 Å². The number of aryl methyl sites for hydroxylation is 1. The third kappa shape index (κ3) is 17.9. The third-order valence-electron chi connectivity index (χ3n) is 10.6. The number of fused-ring (bicyclic) bond motifs is 1. The zero-order valence-electron chi connectivity index (χ0n) is 34.9. The summed E-state index contributed by atoms with van der Waals surface area (Å²) in [5, 5.41) is 29.2. The summed E-state index contributed by atoms with van der Waals surface area (Å²) in [6.45, 7) is 2.33. The summed E-state index contributed by atoms with van der Waals surface area (Å²) in [5.41, 5.74) is 11.5. The van der Waals surface area contributed by atoms with E-state index in [0.717, 1.165) is 96.6 Å². The van der Waals surface area contributed by atoms with Gasteiger partial charge in [0.2, 0.25) is 5.91 Å². The second-order valence-electron chi connectivity index (χ2n) is 15.5. The SMILES string of the molecule is Cc1ccc(F)c(CC(=O)Cc2ccc(-c3cccc4n[nH]c(CC(=O)CCCCCCCCCCCNC(=O)C[C@H](N)C(=O)C[C@@H](CCC(=O)O)C(=O)O)c34)cc2)c1.S.S. The van der Waals surface area contributed by atoms with Crippen LogP contribution < -0.4 is 11.1 Å². The van der Waals surface area contributed by atoms with E-state index >= 15 is 0 Å². The number of H-pyrrole nitrogens is 1. The Morgan fingerprint density at radius 3 is 2.08 bits per heavy atom. The Kier molecular flexibility index (Phi) is 23.3. The number of halogens is 1. The summed E-state index contributed by atoms with van der Waals surface area (Å²) in [5.74, 6) is -4.79. The van der Waals surface area contributed by atoms with Crippen molar-refractivity contribution in [1.29, 1.82) is 0 Å². The molecule has 1 aromatic heterocycles. The lowest BCUT2D eigenvalue weighted by molar-refractivity contribution is -0.145. The van der Waals surface area contributed by atoms with Crippen LogP contribution in [0, 0.1) is 18.7 Å². The Bertz CT molecular complexity index is 2070. The molecule has 0 radical (unpaired) electrons. The van der Waals surface area contributed by atoms with Gasteiger partial charge in [0.25, 0.3) is 0 Å². The molecule has 3 aromatic carbocycles. The van der Waals surface area contributed by atoms with Crippen molar-refractivity contribution in [3.63, 3.8) is 0 Å². The Hall–Kier alpha value is -4.86. The van der Waals surface area contributed by atoms with Gasteiger partial charge in [-0.1, -0.05) is 99.0 Å². The van der Waals surface area contributed by atoms with E-state index < -0.39 is 36.1 Å². The second-order valence-corrected chi connectivity index (χ2v) is 15.5. The van der Waals surface area contributed by atoms with Crippen LogP contribution in [-0.4, -0.2) is 68.2 Å². The van der Waals surface area contributed by atoms with E-state index in [1.165, 1.54) is 6.07 Å². The lowest BCUT2D eigenvalue weighted by Gasteiger charge is -2.14. The highest BCUT2D eigenvalue weighted by Gasteiger charge is 2.26. The van der Waals surface area contributed by atoms with Crippen LogP contribution in [-0.2, 0) is 48.0 Å². The molecule has 2 atom stereocenters. The van der Waals surface area contributed by atoms with Gasteiger partial charge >= 0.3 is 11.9 Å². The molecule has 0 aliphatic carbocycles. The molecule has 332 valence electrons. The minimum absolute atomic E-state index is 0. The number of carboxylic acids is 2. The van der Waals surface area contributed by atoms with Crippen LogP contribution in [0.5, 0.6) is 0 Å². The number of ketones is 3. The van der Waals surface area contributed by atoms with Crippen molar-refractivity contribution in [2.24, 2.45) is 11.7 Å². The predicted molar refractivity (Wildman–Crippen MR) is 244 cm³/mol. The number of hydrogen-bond acceptors (Lipinski definition) is 8. The van der Waals surface area contributed by atoms with Gasteiger partial charge in [0, 0.05) is 56.9 Å². The summed E-state index contributed by atoms with van der Waals surface area (Å²) in [4.78, 5) is 72.3. The number of Topliss-reactive ketones (excluding diaryl/α,β-unsaturated/α-hetero) is 3. The van der Waals surface area contributed by atoms with E-state index in [1.54, 1.807) is 12.1 Å². The zero-order valence-corrected chi connectivity index (χ0v) is 36.9. The van der Waals surface area contributed by atoms with Gasteiger partial charge in [0.1, 0.15) is 17.4 Å². The molecule has 4 rings (SSSR count). The van der Waals surface area contributed by atoms with Crippen molar-refractivity contribution in [3.8, 4) is 11.1 Å². The molecule has 0 spiro atoms. The molecular weight excluding hydrogens is 820 g/mol. The molecule has 0 unspecified atom stereocenters. The number of aromatic amines is 1. The predicted octanol–water partition coefficient (Wildman–Crippen LogP) is 7.63. The Labute approximate surface area is 370 Å². The van der Waals surface area contributed by atoms with Gasteiger partial charge in [0.15, 0.2) is 5.78 Å². The summed E-state index contributed by atoms with van der Waals surface area (Å²) in [7, 11) is 0. The number of carbonyl (C=O) groups excluding carboxylic acids is 4. The first-order chi connectivity index (χ1) is 28.3. The first-order valence-electron chi connectivity index (χ1n) is 20.6. The first kappa shape index (κ1) is 52.3. The van der Waals surface area contributed by atoms with E-state index in [2.05, 4.69) is 15.5 Å². The van der Waals surface area contributed by atoms with E-state index in [9.17, 15) is 38.3 Å². The van der Waals surface area contributed by atoms with Crippen molar-refractivity contribution in [1.82, 2.24) is 15.5 Å². The monoisotopic (exact) mass is 880 g/mol. The number of nitrogens with two attached hydrogens (primary N) is 1. The minimum Gasteiger partial charge on any atom is -0.481 e. The fourth-order valence-corrected chi connectivity index (χ4v) is 7.23. The van der Waals surface area contributed by atoms with Crippen molar-refractivity contribution in [2.45, 2.75) is 122 Å². The average Bonchev–Trinajstić information content (AvgIpc) is 3.60. The van der Waals surface area contributed by atoms with Crippen LogP contribution in [0.15, 0.2) is 60.7 Å². The van der Waals surface area contributed by atoms with Crippen LogP contribution in [0.25, 0.3) is 22.0 Å². The van der Waals surface area contributed by atoms with Gasteiger partial charge in [-0.15, -0.1) is 0 Å². The number of aliphatic carboxylic acids is 2. The number of benzene rings is 3. The van der Waals surface area contributed by atoms with Crippen molar-refractivity contribution in [3.05, 3.63) is 88.9 Å². The number of hydrogen-bond donors (Lipinski definition) is 5. The standard InChI is InChI=1S/C46H57FN4O8.2H2S/c1-30-15-21-38(47)34(24-30)26-36(53)25-31-16-18-32(19-17-31)37-13-11-14-40-45(37)41(51-50-40)28-35(52)12-9-7-5-3-2-4-6-8-10-23-49-43(55)29-39(48)42(54)27-33(46(58)59)20-22-44(56)57;;/h11,13-19,21,24,33,39H,2-10,12,20,22-23,25-29,48H2,1H3,(H,49,55)(H,50,51)(H,56,57)(H,58,59);2*1H2/t33-,39+;;/m1../s1. The van der Waals surface area contributed by atoms with Crippen molar-refractivity contribution in [2.75, 3.05) is 6.54 Å². The molecule has 6 N–H and O–H groups in total. The maximum absolute atomic E-state index is 14.2. The van der Waals surface area contributed by atoms with Gasteiger partial charge in [-0.3, -0.25) is 33.9 Å². The van der Waals surface area contributed by atoms with Crippen LogP contribution in [0.4, 0.5) is 4.39 Å². The quantitative estimate of drug-likeness (QED) is 0.0352. The average molecular weight is 881 g/mol. The highest BCUT2D eigenvalue weighted by molar-refractivity contribution is 7.59. The lowest BCUT2D eigenvalue weighted by Crippen LogP contribution is -2.38. The number of nitrogens with one attached hydrogen (secondary N) is 2. The molecular formula is C46H61FN4O8S2. The van der Waals surface area contributed by atoms with E-state index in [4.69, 9.17) is 10.8 Å². The largest absolute Gasteiger partial charge is 0.481 e. The fraction of sp³-hybridized carbons (Fsp3) is 0.457. The summed E-state index contributed by atoms with van der Waals surface area (Å²) in [6.07, 6.45) is 8.68. The molecule has 0 fully saturated rings. The molecule has 61 heavy (non-hydrogen) atoms. The summed E-state index contributed by atoms with van der Waals surface area (Å²) >= 11 is 0. The molecule has 0 aliphatic heterocycles. The first-order valence-corrected chi connectivity index (χ1v) is 20.6. The molecule has 1 amide bonds. The van der Waals surface area contributed by atoms with Crippen LogP contribution in [0.3, 0.4) is 0 Å². The van der Waals surface area contributed by atoms with E-state index in [-0.39, 0.29) is 88.8 Å². The normalized spacial score (nSPS) is 11.9. The Balaban J connectivity index is 0.00000641.